The minimum atomic E-state index is -0.658. The third-order valence-electron chi connectivity index (χ3n) is 5.58. The van der Waals surface area contributed by atoms with Gasteiger partial charge in [-0.05, 0) is 56.0 Å². The molecule has 0 spiro atoms. The zero-order valence-electron chi connectivity index (χ0n) is 17.2. The lowest BCUT2D eigenvalue weighted by Gasteiger charge is -2.38. The Morgan fingerprint density at radius 1 is 1.03 bits per heavy atom. The highest BCUT2D eigenvalue weighted by Gasteiger charge is 2.35. The average molecular weight is 396 g/mol. The number of methoxy groups -OCH3 is 1. The molecule has 0 atom stereocenters. The van der Waals surface area contributed by atoms with E-state index in [0.717, 1.165) is 35.3 Å². The van der Waals surface area contributed by atoms with E-state index < -0.39 is 11.8 Å². The van der Waals surface area contributed by atoms with Crippen molar-refractivity contribution in [3.05, 3.63) is 59.2 Å². The summed E-state index contributed by atoms with van der Waals surface area (Å²) in [5.41, 5.74) is 3.51. The van der Waals surface area contributed by atoms with E-state index >= 15 is 0 Å². The molecular weight excluding hydrogens is 368 g/mol. The van der Waals surface area contributed by atoms with E-state index in [2.05, 4.69) is 10.6 Å². The van der Waals surface area contributed by atoms with Gasteiger partial charge in [0.05, 0.1) is 7.11 Å². The average Bonchev–Trinajstić information content (AvgIpc) is 2.74. The van der Waals surface area contributed by atoms with E-state index in [4.69, 9.17) is 9.47 Å². The molecule has 2 aromatic rings. The van der Waals surface area contributed by atoms with Crippen molar-refractivity contribution < 1.29 is 19.1 Å². The number of rotatable bonds is 5. The highest BCUT2D eigenvalue weighted by Crippen LogP contribution is 2.35. The van der Waals surface area contributed by atoms with Crippen LogP contribution in [0.4, 0.5) is 5.69 Å². The summed E-state index contributed by atoms with van der Waals surface area (Å²) in [6.07, 6.45) is 1.55. The number of aryl methyl sites for hydroxylation is 2. The highest BCUT2D eigenvalue weighted by atomic mass is 16.5. The first kappa shape index (κ1) is 20.9. The maximum Gasteiger partial charge on any atom is 0.313 e. The van der Waals surface area contributed by atoms with Crippen LogP contribution in [-0.2, 0) is 19.7 Å². The number of amides is 2. The minimum absolute atomic E-state index is 0.264. The highest BCUT2D eigenvalue weighted by molar-refractivity contribution is 6.39. The Labute approximate surface area is 171 Å². The lowest BCUT2D eigenvalue weighted by atomic mass is 9.74. The van der Waals surface area contributed by atoms with E-state index in [1.165, 1.54) is 0 Å². The minimum Gasteiger partial charge on any atom is -0.497 e. The second kappa shape index (κ2) is 9.09. The van der Waals surface area contributed by atoms with Crippen LogP contribution < -0.4 is 15.4 Å². The first-order valence-corrected chi connectivity index (χ1v) is 9.82. The SMILES string of the molecule is COc1ccc(C2(CNC(=O)C(=O)Nc3ccc(C)cc3C)CCOCC2)cc1. The number of hydrogen-bond acceptors (Lipinski definition) is 4. The Morgan fingerprint density at radius 2 is 1.72 bits per heavy atom. The fourth-order valence-corrected chi connectivity index (χ4v) is 3.74. The molecule has 0 unspecified atom stereocenters. The van der Waals surface area contributed by atoms with Crippen molar-refractivity contribution in [2.75, 3.05) is 32.2 Å². The zero-order valence-corrected chi connectivity index (χ0v) is 17.2. The molecule has 154 valence electrons. The van der Waals surface area contributed by atoms with Crippen LogP contribution in [0.15, 0.2) is 42.5 Å². The van der Waals surface area contributed by atoms with Crippen molar-refractivity contribution >= 4 is 17.5 Å². The number of benzene rings is 2. The van der Waals surface area contributed by atoms with Gasteiger partial charge in [0.25, 0.3) is 0 Å². The van der Waals surface area contributed by atoms with Gasteiger partial charge in [0.15, 0.2) is 0 Å². The molecule has 6 heteroatoms. The molecule has 2 aromatic carbocycles. The quantitative estimate of drug-likeness (QED) is 0.762. The molecular formula is C23H28N2O4. The summed E-state index contributed by atoms with van der Waals surface area (Å²) in [5, 5.41) is 5.53. The smallest absolute Gasteiger partial charge is 0.313 e. The Hall–Kier alpha value is -2.86. The summed E-state index contributed by atoms with van der Waals surface area (Å²) < 4.78 is 10.8. The Kier molecular flexibility index (Phi) is 6.54. The predicted octanol–water partition coefficient (Wildman–Crippen LogP) is 3.12. The van der Waals surface area contributed by atoms with Gasteiger partial charge >= 0.3 is 11.8 Å². The largest absolute Gasteiger partial charge is 0.497 e. The Morgan fingerprint density at radius 3 is 2.34 bits per heavy atom. The van der Waals surface area contributed by atoms with Gasteiger partial charge in [-0.15, -0.1) is 0 Å². The standard InChI is InChI=1S/C23H28N2O4/c1-16-4-9-20(17(2)14-16)25-22(27)21(26)24-15-23(10-12-29-13-11-23)18-5-7-19(28-3)8-6-18/h4-9,14H,10-13,15H2,1-3H3,(H,24,26)(H,25,27). The number of carbonyl (C=O) groups is 2. The van der Waals surface area contributed by atoms with Gasteiger partial charge in [0.2, 0.25) is 0 Å². The lowest BCUT2D eigenvalue weighted by Crippen LogP contribution is -2.47. The van der Waals surface area contributed by atoms with Crippen molar-refractivity contribution in [3.8, 4) is 5.75 Å². The van der Waals surface area contributed by atoms with E-state index in [1.54, 1.807) is 7.11 Å². The van der Waals surface area contributed by atoms with Crippen LogP contribution in [0, 0.1) is 13.8 Å². The molecule has 0 radical (unpaired) electrons. The van der Waals surface area contributed by atoms with Gasteiger partial charge in [0, 0.05) is 30.9 Å². The zero-order chi connectivity index (χ0) is 20.9. The summed E-state index contributed by atoms with van der Waals surface area (Å²) in [4.78, 5) is 24.9. The van der Waals surface area contributed by atoms with Crippen LogP contribution in [0.3, 0.4) is 0 Å². The van der Waals surface area contributed by atoms with E-state index in [0.29, 0.717) is 25.4 Å². The summed E-state index contributed by atoms with van der Waals surface area (Å²) in [5.74, 6) is -0.508. The molecule has 3 rings (SSSR count). The van der Waals surface area contributed by atoms with Gasteiger partial charge in [-0.25, -0.2) is 0 Å². The number of carbonyl (C=O) groups excluding carboxylic acids is 2. The summed E-state index contributed by atoms with van der Waals surface area (Å²) in [6, 6.07) is 13.6. The third-order valence-corrected chi connectivity index (χ3v) is 5.58. The Bertz CT molecular complexity index is 871. The van der Waals surface area contributed by atoms with Gasteiger partial charge in [-0.2, -0.15) is 0 Å². The van der Waals surface area contributed by atoms with Gasteiger partial charge < -0.3 is 20.1 Å². The molecule has 0 bridgehead atoms. The van der Waals surface area contributed by atoms with Crippen LogP contribution in [0.2, 0.25) is 0 Å². The van der Waals surface area contributed by atoms with Crippen LogP contribution in [-0.4, -0.2) is 38.7 Å². The monoisotopic (exact) mass is 396 g/mol. The topological polar surface area (TPSA) is 76.7 Å². The van der Waals surface area contributed by atoms with Gasteiger partial charge in [-0.3, -0.25) is 9.59 Å². The van der Waals surface area contributed by atoms with Gasteiger partial charge in [0.1, 0.15) is 5.75 Å². The number of anilines is 1. The fourth-order valence-electron chi connectivity index (χ4n) is 3.74. The van der Waals surface area contributed by atoms with Crippen LogP contribution in [0.1, 0.15) is 29.5 Å². The summed E-state index contributed by atoms with van der Waals surface area (Å²) >= 11 is 0. The van der Waals surface area contributed by atoms with Gasteiger partial charge in [-0.1, -0.05) is 29.8 Å². The molecule has 1 aliphatic heterocycles. The maximum absolute atomic E-state index is 12.5. The lowest BCUT2D eigenvalue weighted by molar-refractivity contribution is -0.136. The summed E-state index contributed by atoms with van der Waals surface area (Å²) in [7, 11) is 1.63. The number of nitrogens with one attached hydrogen (secondary N) is 2. The molecule has 6 nitrogen and oxygen atoms in total. The molecule has 2 amide bonds. The fraction of sp³-hybridized carbons (Fsp3) is 0.391. The van der Waals surface area contributed by atoms with Crippen molar-refractivity contribution in [1.82, 2.24) is 5.32 Å². The van der Waals surface area contributed by atoms with Crippen molar-refractivity contribution in [2.45, 2.75) is 32.1 Å². The molecule has 1 heterocycles. The van der Waals surface area contributed by atoms with Crippen molar-refractivity contribution in [2.24, 2.45) is 0 Å². The number of ether oxygens (including phenoxy) is 2. The van der Waals surface area contributed by atoms with Crippen molar-refractivity contribution in [1.29, 1.82) is 0 Å². The first-order valence-electron chi connectivity index (χ1n) is 9.82. The molecule has 29 heavy (non-hydrogen) atoms. The maximum atomic E-state index is 12.5. The molecule has 1 fully saturated rings. The molecule has 0 saturated carbocycles. The van der Waals surface area contributed by atoms with Crippen LogP contribution >= 0.6 is 0 Å². The molecule has 1 saturated heterocycles. The molecule has 0 aliphatic carbocycles. The van der Waals surface area contributed by atoms with Crippen LogP contribution in [0.25, 0.3) is 0 Å². The van der Waals surface area contributed by atoms with Crippen LogP contribution in [0.5, 0.6) is 5.75 Å². The molecule has 2 N–H and O–H groups in total. The van der Waals surface area contributed by atoms with Crippen molar-refractivity contribution in [3.63, 3.8) is 0 Å². The Balaban J connectivity index is 1.68. The molecule has 1 aliphatic rings. The second-order valence-electron chi connectivity index (χ2n) is 7.58. The van der Waals surface area contributed by atoms with E-state index in [-0.39, 0.29) is 5.41 Å². The van der Waals surface area contributed by atoms with E-state index in [1.807, 2.05) is 56.3 Å². The number of hydrogen-bond donors (Lipinski definition) is 2. The second-order valence-corrected chi connectivity index (χ2v) is 7.58. The molecule has 0 aromatic heterocycles. The third kappa shape index (κ3) is 4.95. The van der Waals surface area contributed by atoms with E-state index in [9.17, 15) is 9.59 Å². The normalized spacial score (nSPS) is 15.4. The predicted molar refractivity (Wildman–Crippen MR) is 112 cm³/mol. The first-order chi connectivity index (χ1) is 13.9. The summed E-state index contributed by atoms with van der Waals surface area (Å²) in [6.45, 7) is 5.51.